The fraction of sp³-hybridized carbons (Fsp3) is 0.533. The molecule has 0 spiro atoms. The summed E-state index contributed by atoms with van der Waals surface area (Å²) in [4.78, 5) is 4.00. The van der Waals surface area contributed by atoms with Crippen molar-refractivity contribution in [3.63, 3.8) is 0 Å². The SMILES string of the molecule is CN1C2CCC1CC(Sc1ccc3[nH]ncc3c1)C2. The molecule has 2 aliphatic rings. The van der Waals surface area contributed by atoms with Crippen LogP contribution in [-0.4, -0.2) is 39.5 Å². The number of thioether (sulfide) groups is 1. The van der Waals surface area contributed by atoms with Crippen LogP contribution in [0.25, 0.3) is 10.9 Å². The Bertz CT molecular complexity index is 580. The number of nitrogens with one attached hydrogen (secondary N) is 1. The quantitative estimate of drug-likeness (QED) is 0.911. The largest absolute Gasteiger partial charge is 0.300 e. The van der Waals surface area contributed by atoms with Crippen molar-refractivity contribution in [2.45, 2.75) is 47.9 Å². The molecule has 0 aliphatic carbocycles. The minimum Gasteiger partial charge on any atom is -0.300 e. The average Bonchev–Trinajstić information content (AvgIpc) is 2.92. The Hall–Kier alpha value is -1.00. The highest BCUT2D eigenvalue weighted by Gasteiger charge is 2.38. The van der Waals surface area contributed by atoms with Crippen LogP contribution in [0.1, 0.15) is 25.7 Å². The van der Waals surface area contributed by atoms with E-state index in [-0.39, 0.29) is 0 Å². The fourth-order valence-corrected chi connectivity index (χ4v) is 5.01. The van der Waals surface area contributed by atoms with Crippen LogP contribution in [0.15, 0.2) is 29.3 Å². The maximum Gasteiger partial charge on any atom is 0.0651 e. The van der Waals surface area contributed by atoms with E-state index in [0.29, 0.717) is 0 Å². The number of benzene rings is 1. The summed E-state index contributed by atoms with van der Waals surface area (Å²) in [5.41, 5.74) is 1.13. The number of aromatic nitrogens is 2. The van der Waals surface area contributed by atoms with Gasteiger partial charge < -0.3 is 4.90 Å². The van der Waals surface area contributed by atoms with Crippen molar-refractivity contribution in [3.8, 4) is 0 Å². The number of hydrogen-bond donors (Lipinski definition) is 1. The molecule has 1 aromatic carbocycles. The van der Waals surface area contributed by atoms with Gasteiger partial charge in [-0.3, -0.25) is 5.10 Å². The van der Waals surface area contributed by atoms with Crippen LogP contribution in [0.3, 0.4) is 0 Å². The third-order valence-corrected chi connectivity index (χ3v) is 6.01. The summed E-state index contributed by atoms with van der Waals surface area (Å²) >= 11 is 2.06. The van der Waals surface area contributed by atoms with Crippen LogP contribution < -0.4 is 0 Å². The molecule has 1 aromatic heterocycles. The molecule has 3 nitrogen and oxygen atoms in total. The van der Waals surface area contributed by atoms with Gasteiger partial charge in [0.2, 0.25) is 0 Å². The van der Waals surface area contributed by atoms with Crippen molar-refractivity contribution >= 4 is 22.7 Å². The predicted molar refractivity (Wildman–Crippen MR) is 79.5 cm³/mol. The molecule has 1 N–H and O–H groups in total. The van der Waals surface area contributed by atoms with Crippen molar-refractivity contribution < 1.29 is 0 Å². The summed E-state index contributed by atoms with van der Waals surface area (Å²) in [6.07, 6.45) is 7.41. The number of nitrogens with zero attached hydrogens (tertiary/aromatic N) is 2. The van der Waals surface area contributed by atoms with Crippen molar-refractivity contribution in [2.24, 2.45) is 0 Å². The van der Waals surface area contributed by atoms with Gasteiger partial charge in [0, 0.05) is 27.6 Å². The van der Waals surface area contributed by atoms with Gasteiger partial charge in [-0.2, -0.15) is 5.10 Å². The lowest BCUT2D eigenvalue weighted by molar-refractivity contribution is 0.183. The zero-order valence-electron chi connectivity index (χ0n) is 11.2. The van der Waals surface area contributed by atoms with Gasteiger partial charge in [-0.25, -0.2) is 0 Å². The maximum atomic E-state index is 4.09. The first kappa shape index (κ1) is 11.8. The molecule has 2 saturated heterocycles. The van der Waals surface area contributed by atoms with Gasteiger partial charge in [0.25, 0.3) is 0 Å². The minimum absolute atomic E-state index is 0.790. The molecule has 4 heteroatoms. The van der Waals surface area contributed by atoms with Crippen LogP contribution >= 0.6 is 11.8 Å². The third-order valence-electron chi connectivity index (χ3n) is 4.77. The van der Waals surface area contributed by atoms with Crippen LogP contribution in [0.4, 0.5) is 0 Å². The summed E-state index contributed by atoms with van der Waals surface area (Å²) in [5, 5.41) is 9.12. The van der Waals surface area contributed by atoms with E-state index < -0.39 is 0 Å². The molecule has 0 amide bonds. The van der Waals surface area contributed by atoms with E-state index in [1.54, 1.807) is 0 Å². The Morgan fingerprint density at radius 2 is 2.05 bits per heavy atom. The molecule has 2 aromatic rings. The lowest BCUT2D eigenvalue weighted by Crippen LogP contribution is -2.40. The Morgan fingerprint density at radius 3 is 2.84 bits per heavy atom. The summed E-state index contributed by atoms with van der Waals surface area (Å²) < 4.78 is 0. The lowest BCUT2D eigenvalue weighted by atomic mass is 10.0. The normalized spacial score (nSPS) is 31.1. The third kappa shape index (κ3) is 2.07. The highest BCUT2D eigenvalue weighted by Crippen LogP contribution is 2.41. The monoisotopic (exact) mass is 273 g/mol. The van der Waals surface area contributed by atoms with E-state index in [2.05, 4.69) is 52.1 Å². The number of fused-ring (bicyclic) bond motifs is 3. The average molecular weight is 273 g/mol. The summed E-state index contributed by atoms with van der Waals surface area (Å²) in [6.45, 7) is 0. The second-order valence-electron chi connectivity index (χ2n) is 5.88. The highest BCUT2D eigenvalue weighted by molar-refractivity contribution is 8.00. The molecule has 2 aliphatic heterocycles. The van der Waals surface area contributed by atoms with Gasteiger partial charge in [-0.1, -0.05) is 0 Å². The maximum absolute atomic E-state index is 4.09. The van der Waals surface area contributed by atoms with E-state index in [9.17, 15) is 0 Å². The number of piperidine rings is 1. The Morgan fingerprint density at radius 1 is 1.26 bits per heavy atom. The second-order valence-corrected chi connectivity index (χ2v) is 7.25. The van der Waals surface area contributed by atoms with Crippen molar-refractivity contribution in [1.29, 1.82) is 0 Å². The molecule has 19 heavy (non-hydrogen) atoms. The molecule has 0 saturated carbocycles. The first-order chi connectivity index (χ1) is 9.29. The minimum atomic E-state index is 0.790. The number of H-pyrrole nitrogens is 1. The smallest absolute Gasteiger partial charge is 0.0651 e. The molecular formula is C15H19N3S. The van der Waals surface area contributed by atoms with Crippen molar-refractivity contribution in [3.05, 3.63) is 24.4 Å². The number of rotatable bonds is 2. The van der Waals surface area contributed by atoms with E-state index in [0.717, 1.165) is 22.9 Å². The van der Waals surface area contributed by atoms with E-state index >= 15 is 0 Å². The molecule has 2 unspecified atom stereocenters. The zero-order valence-corrected chi connectivity index (χ0v) is 12.0. The van der Waals surface area contributed by atoms with Crippen LogP contribution in [0, 0.1) is 0 Å². The van der Waals surface area contributed by atoms with E-state index in [1.165, 1.54) is 36.0 Å². The van der Waals surface area contributed by atoms with Crippen molar-refractivity contribution in [2.75, 3.05) is 7.05 Å². The molecule has 3 heterocycles. The molecule has 2 bridgehead atoms. The first-order valence-electron chi connectivity index (χ1n) is 7.11. The van der Waals surface area contributed by atoms with E-state index in [1.807, 2.05) is 6.20 Å². The zero-order chi connectivity index (χ0) is 12.8. The van der Waals surface area contributed by atoms with Gasteiger partial charge in [-0.15, -0.1) is 11.8 Å². The number of hydrogen-bond acceptors (Lipinski definition) is 3. The molecule has 2 fully saturated rings. The Balaban J connectivity index is 1.52. The van der Waals surface area contributed by atoms with Crippen LogP contribution in [0.2, 0.25) is 0 Å². The molecule has 4 rings (SSSR count). The standard InChI is InChI=1S/C15H19N3S/c1-18-11-2-3-12(18)8-14(7-11)19-13-4-5-15-10(6-13)9-16-17-15/h4-6,9,11-12,14H,2-3,7-8H2,1H3,(H,16,17). The summed E-state index contributed by atoms with van der Waals surface area (Å²) in [5.74, 6) is 0. The van der Waals surface area contributed by atoms with Crippen molar-refractivity contribution in [1.82, 2.24) is 15.1 Å². The van der Waals surface area contributed by atoms with Gasteiger partial charge in [0.1, 0.15) is 0 Å². The Kier molecular flexibility index (Phi) is 2.81. The first-order valence-corrected chi connectivity index (χ1v) is 7.99. The molecule has 2 atom stereocenters. The molecule has 100 valence electrons. The van der Waals surface area contributed by atoms with Gasteiger partial charge in [0.15, 0.2) is 0 Å². The van der Waals surface area contributed by atoms with E-state index in [4.69, 9.17) is 0 Å². The van der Waals surface area contributed by atoms with Crippen LogP contribution in [-0.2, 0) is 0 Å². The number of aromatic amines is 1. The summed E-state index contributed by atoms with van der Waals surface area (Å²) in [6, 6.07) is 8.30. The topological polar surface area (TPSA) is 31.9 Å². The molecular weight excluding hydrogens is 254 g/mol. The lowest BCUT2D eigenvalue weighted by Gasteiger charge is -2.36. The van der Waals surface area contributed by atoms with Crippen LogP contribution in [0.5, 0.6) is 0 Å². The van der Waals surface area contributed by atoms with Gasteiger partial charge in [0.05, 0.1) is 11.7 Å². The molecule has 0 radical (unpaired) electrons. The summed E-state index contributed by atoms with van der Waals surface area (Å²) in [7, 11) is 2.31. The van der Waals surface area contributed by atoms with Gasteiger partial charge >= 0.3 is 0 Å². The fourth-order valence-electron chi connectivity index (χ4n) is 3.64. The Labute approximate surface area is 117 Å². The highest BCUT2D eigenvalue weighted by atomic mass is 32.2. The second kappa shape index (κ2) is 4.53. The van der Waals surface area contributed by atoms with Gasteiger partial charge in [-0.05, 0) is 50.9 Å². The predicted octanol–water partition coefficient (Wildman–Crippen LogP) is 3.28.